The lowest BCUT2D eigenvalue weighted by Gasteiger charge is -2.28. The van der Waals surface area contributed by atoms with Gasteiger partial charge in [0.15, 0.2) is 11.9 Å². The number of hydrogen-bond acceptors (Lipinski definition) is 23. The molecule has 12 amide bonds. The van der Waals surface area contributed by atoms with E-state index >= 15 is 0 Å². The number of imidazole rings is 3. The molecule has 636 valence electrons. The van der Waals surface area contributed by atoms with E-state index in [0.29, 0.717) is 55.5 Å². The number of aromatic hydroxyl groups is 1. The third-order valence-corrected chi connectivity index (χ3v) is 17.6. The molecule has 3 aromatic heterocycles. The summed E-state index contributed by atoms with van der Waals surface area (Å²) in [5.74, 6) is -11.9. The Labute approximate surface area is 670 Å². The van der Waals surface area contributed by atoms with E-state index < -0.39 is 150 Å². The van der Waals surface area contributed by atoms with Crippen molar-refractivity contribution in [2.45, 2.75) is 196 Å². The van der Waals surface area contributed by atoms with E-state index in [-0.39, 0.29) is 139 Å². The second-order valence-corrected chi connectivity index (χ2v) is 27.3. The molecule has 0 aliphatic carbocycles. The number of unbranched alkanes of at least 4 members (excludes halogenated alkanes) is 3. The maximum atomic E-state index is 14.8. The maximum absolute atomic E-state index is 14.8. The van der Waals surface area contributed by atoms with Crippen molar-refractivity contribution < 1.29 is 72.5 Å². The highest BCUT2D eigenvalue weighted by Gasteiger charge is 2.37. The Bertz CT molecular complexity index is 3910. The van der Waals surface area contributed by atoms with Crippen LogP contribution in [0.3, 0.4) is 0 Å². The zero-order valence-electron chi connectivity index (χ0n) is 65.1. The number of nitrogens with two attached hydrogens (primary N) is 7. The molecular formula is C73H114N28O15. The molecule has 0 aliphatic rings. The van der Waals surface area contributed by atoms with Gasteiger partial charge in [0.1, 0.15) is 66.2 Å². The van der Waals surface area contributed by atoms with Crippen molar-refractivity contribution in [1.29, 1.82) is 10.8 Å². The second kappa shape index (κ2) is 52.6. The summed E-state index contributed by atoms with van der Waals surface area (Å²) in [4.78, 5) is 200. The van der Waals surface area contributed by atoms with Gasteiger partial charge in [0, 0.05) is 70.7 Å². The summed E-state index contributed by atoms with van der Waals surface area (Å²) < 4.78 is 0. The molecule has 0 fully saturated rings. The highest BCUT2D eigenvalue weighted by Crippen LogP contribution is 2.16. The Morgan fingerprint density at radius 1 is 0.397 bits per heavy atom. The second-order valence-electron chi connectivity index (χ2n) is 27.3. The molecule has 0 spiro atoms. The van der Waals surface area contributed by atoms with Gasteiger partial charge in [-0.15, -0.1) is 0 Å². The Balaban J connectivity index is 0.00000691. The van der Waals surface area contributed by atoms with Gasteiger partial charge in [0.05, 0.1) is 48.7 Å². The summed E-state index contributed by atoms with van der Waals surface area (Å²) in [5, 5.41) is 67.5. The van der Waals surface area contributed by atoms with Crippen molar-refractivity contribution in [3.8, 4) is 5.75 Å². The fraction of sp³-hybridized carbons (Fsp3) is 0.507. The van der Waals surface area contributed by atoms with Gasteiger partial charge < -0.3 is 134 Å². The van der Waals surface area contributed by atoms with Crippen molar-refractivity contribution in [2.24, 2.45) is 40.1 Å². The summed E-state index contributed by atoms with van der Waals surface area (Å²) in [7, 11) is 0. The predicted molar refractivity (Wildman–Crippen MR) is 424 cm³/mol. The zero-order chi connectivity index (χ0) is 85.5. The number of nitrogens with zero attached hydrogens (tertiary/aromatic N) is 3. The van der Waals surface area contributed by atoms with Gasteiger partial charge in [-0.25, -0.2) is 15.0 Å². The highest BCUT2D eigenvalue weighted by molar-refractivity contribution is 5.99. The van der Waals surface area contributed by atoms with Crippen LogP contribution in [0.15, 0.2) is 92.2 Å². The number of guanidine groups is 2. The lowest BCUT2D eigenvalue weighted by molar-refractivity contribution is -0.135. The van der Waals surface area contributed by atoms with Crippen molar-refractivity contribution in [3.05, 3.63) is 120 Å². The van der Waals surface area contributed by atoms with Gasteiger partial charge in [-0.3, -0.25) is 73.1 Å². The number of carbonyl (C=O) groups excluding carboxylic acids is 12. The number of benzene rings is 2. The first-order valence-electron chi connectivity index (χ1n) is 38.0. The summed E-state index contributed by atoms with van der Waals surface area (Å²) in [6.45, 7) is 2.52. The van der Waals surface area contributed by atoms with E-state index in [0.717, 1.165) is 6.92 Å². The molecule has 0 bridgehead atoms. The molecule has 0 saturated carbocycles. The first-order chi connectivity index (χ1) is 55.4. The first kappa shape index (κ1) is 95.7. The number of primary amides is 1. The molecule has 0 saturated heterocycles. The van der Waals surface area contributed by atoms with Crippen LogP contribution in [0.5, 0.6) is 5.75 Å². The van der Waals surface area contributed by atoms with Crippen LogP contribution in [0.2, 0.25) is 0 Å². The number of phenolic OH excluding ortho intramolecular Hbond substituents is 1. The topological polar surface area (TPSA) is 735 Å². The number of phenols is 1. The van der Waals surface area contributed by atoms with E-state index in [4.69, 9.17) is 60.9 Å². The Hall–Kier alpha value is -12.6. The van der Waals surface area contributed by atoms with Crippen LogP contribution in [-0.2, 0) is 94.4 Å². The Morgan fingerprint density at radius 3 is 1.03 bits per heavy atom. The molecule has 11 atom stereocenters. The molecule has 43 nitrogen and oxygen atoms in total. The van der Waals surface area contributed by atoms with E-state index in [2.05, 4.69) is 99.0 Å². The average Bonchev–Trinajstić information content (AvgIpc) is 1.10. The number of amides is 12. The van der Waals surface area contributed by atoms with Gasteiger partial charge >= 0.3 is 0 Å². The molecule has 116 heavy (non-hydrogen) atoms. The number of carbonyl (C=O) groups is 13. The van der Waals surface area contributed by atoms with E-state index in [1.807, 2.05) is 0 Å². The summed E-state index contributed by atoms with van der Waals surface area (Å²) in [6.07, 6.45) is 9.85. The van der Waals surface area contributed by atoms with Crippen LogP contribution in [-0.4, -0.2) is 235 Å². The third kappa shape index (κ3) is 37.8. The third-order valence-electron chi connectivity index (χ3n) is 17.6. The SMILES string of the molecule is CC(=O)O.CC(N)C(=O)NC(CCCCN)C(=O)NC(CCCNC(=N)N)C(=O)NC(Cc1c[nH]cn1)C(=O)NC(Cc1c[nH]cn1)C(=O)NCC(=O)NC(Cc1ccc(O)cc1)C(=O)NC(CCCCN)C(=O)NC(CCCNC(=N)N)C(=O)NC(CCCCN)C(=O)NC(Cc1ccccc1)C(=O)NC(Cc1c[nH]cn1)C(N)=O. The quantitative estimate of drug-likeness (QED) is 0.00979. The fourth-order valence-corrected chi connectivity index (χ4v) is 11.5. The molecular weight excluding hydrogens is 1510 g/mol. The van der Waals surface area contributed by atoms with E-state index in [1.165, 1.54) is 68.8 Å². The number of carboxylic acids is 1. The Morgan fingerprint density at radius 2 is 0.698 bits per heavy atom. The van der Waals surface area contributed by atoms with Crippen LogP contribution in [0.25, 0.3) is 0 Å². The number of carboxylic acid groups (broad SMARTS) is 1. The van der Waals surface area contributed by atoms with Gasteiger partial charge in [-0.1, -0.05) is 42.5 Å². The summed E-state index contributed by atoms with van der Waals surface area (Å²) in [6, 6.07) is -0.623. The number of H-pyrrole nitrogens is 3. The minimum atomic E-state index is -1.53. The molecule has 2 aromatic carbocycles. The molecule has 34 N–H and O–H groups in total. The van der Waals surface area contributed by atoms with Gasteiger partial charge in [-0.05, 0) is 133 Å². The normalized spacial score (nSPS) is 13.7. The summed E-state index contributed by atoms with van der Waals surface area (Å²) >= 11 is 0. The molecule has 0 aliphatic heterocycles. The Kier molecular flexibility index (Phi) is 43.4. The molecule has 0 radical (unpaired) electrons. The standard InChI is InChI=1S/C71H110N28O13.C2H4O2/c1-41(75)60(103)91-48(15-5-8-24-72)62(105)94-52(19-12-28-85-71(79)80)66(109)99-57(33-46-36-83-40-89-46)69(112)98-56(32-45-35-82-39-88-45)61(104)86-37-58(101)90-54(30-43-20-22-47(100)23-21-43)67(110)95-49(16-6-9-25-73)63(106)93-51(18-11-27-84-70(77)78)64(107)92-50(17-7-10-26-74)65(108)97-55(29-42-13-3-2-4-14-42)68(111)96-53(59(76)102)31-44-34-81-38-87-44;1-2(3)4/h2-4,13-14,20-23,34-36,38-41,48-57,100H,5-12,15-19,24-33,37,72-75H2,1H3,(H2,76,102)(H,81,87)(H,82,88)(H,83,89)(H,86,104)(H,90,101)(H,91,103)(H,92,107)(H,93,106)(H,94,105)(H,95,110)(H,96,111)(H,97,108)(H,98,112)(H,99,109)(H4,77,78,84)(H4,79,80,85);1H3,(H,3,4). The average molecular weight is 1620 g/mol. The smallest absolute Gasteiger partial charge is 0.300 e. The van der Waals surface area contributed by atoms with Crippen LogP contribution < -0.4 is 109 Å². The minimum absolute atomic E-state index is 0.00795. The number of rotatable bonds is 53. The van der Waals surface area contributed by atoms with Crippen molar-refractivity contribution in [3.63, 3.8) is 0 Å². The fourth-order valence-electron chi connectivity index (χ4n) is 11.5. The first-order valence-corrected chi connectivity index (χ1v) is 38.0. The number of aliphatic carboxylic acids is 1. The van der Waals surface area contributed by atoms with Gasteiger partial charge in [0.2, 0.25) is 70.9 Å². The number of nitrogens with one attached hydrogen (secondary N) is 18. The maximum Gasteiger partial charge on any atom is 0.300 e. The minimum Gasteiger partial charge on any atom is -0.508 e. The van der Waals surface area contributed by atoms with Crippen LogP contribution >= 0.6 is 0 Å². The summed E-state index contributed by atoms with van der Waals surface area (Å²) in [5.41, 5.74) is 42.1. The molecule has 5 rings (SSSR count). The zero-order valence-corrected chi connectivity index (χ0v) is 65.1. The van der Waals surface area contributed by atoms with Crippen molar-refractivity contribution in [2.75, 3.05) is 39.3 Å². The van der Waals surface area contributed by atoms with Gasteiger partial charge in [-0.2, -0.15) is 0 Å². The lowest BCUT2D eigenvalue weighted by atomic mass is 10.0. The molecule has 43 heteroatoms. The van der Waals surface area contributed by atoms with Gasteiger partial charge in [0.25, 0.3) is 5.97 Å². The van der Waals surface area contributed by atoms with Crippen LogP contribution in [0.1, 0.15) is 126 Å². The predicted octanol–water partition coefficient (Wildman–Crippen LogP) is -6.12. The van der Waals surface area contributed by atoms with Crippen LogP contribution in [0.4, 0.5) is 0 Å². The number of aromatic nitrogens is 6. The lowest BCUT2D eigenvalue weighted by Crippen LogP contribution is -2.60. The van der Waals surface area contributed by atoms with Crippen molar-refractivity contribution in [1.82, 2.24) is 99.0 Å². The van der Waals surface area contributed by atoms with Crippen LogP contribution in [0, 0.1) is 10.8 Å². The number of hydrogen-bond donors (Lipinski definition) is 27. The largest absolute Gasteiger partial charge is 0.508 e. The monoisotopic (exact) mass is 1620 g/mol. The highest BCUT2D eigenvalue weighted by atomic mass is 16.4. The molecule has 3 heterocycles. The van der Waals surface area contributed by atoms with E-state index in [1.54, 1.807) is 30.3 Å². The number of aromatic amines is 3. The van der Waals surface area contributed by atoms with E-state index in [9.17, 15) is 62.6 Å². The molecule has 5 aromatic rings. The van der Waals surface area contributed by atoms with Crippen molar-refractivity contribution >= 4 is 88.8 Å². The molecule has 11 unspecified atom stereocenters.